The van der Waals surface area contributed by atoms with E-state index in [0.717, 1.165) is 5.76 Å². The number of nitrogens with zero attached hydrogens (tertiary/aromatic N) is 2. The van der Waals surface area contributed by atoms with Crippen LogP contribution in [0.3, 0.4) is 0 Å². The molecule has 9 heteroatoms. The summed E-state index contributed by atoms with van der Waals surface area (Å²) < 4.78 is 5.73. The van der Waals surface area contributed by atoms with Gasteiger partial charge in [0.15, 0.2) is 16.9 Å². The van der Waals surface area contributed by atoms with Crippen LogP contribution in [-0.4, -0.2) is 15.0 Å². The fraction of sp³-hybridized carbons (Fsp3) is 0.0556. The monoisotopic (exact) mass is 382 g/mol. The highest BCUT2D eigenvalue weighted by molar-refractivity contribution is 6.34. The van der Waals surface area contributed by atoms with Crippen LogP contribution in [0.2, 0.25) is 5.02 Å². The molecular weight excluding hydrogens is 368 g/mol. The van der Waals surface area contributed by atoms with Crippen molar-refractivity contribution in [1.29, 1.82) is 0 Å². The molecule has 1 aromatic carbocycles. The number of benzene rings is 1. The van der Waals surface area contributed by atoms with E-state index in [1.54, 1.807) is 18.2 Å². The number of hydrogen-bond donors (Lipinski definition) is 4. The van der Waals surface area contributed by atoms with Crippen molar-refractivity contribution >= 4 is 34.1 Å². The summed E-state index contributed by atoms with van der Waals surface area (Å²) in [6.45, 7) is 1.83. The number of aryl methyl sites for hydroxylation is 1. The maximum absolute atomic E-state index is 12.2. The molecule has 4 aromatic rings. The summed E-state index contributed by atoms with van der Waals surface area (Å²) >= 11 is 6.24. The van der Waals surface area contributed by atoms with E-state index in [1.165, 1.54) is 12.3 Å². The Labute approximate surface area is 158 Å². The maximum Gasteiger partial charge on any atom is 0.209 e. The number of halogens is 1. The maximum atomic E-state index is 12.2. The van der Waals surface area contributed by atoms with Gasteiger partial charge < -0.3 is 20.6 Å². The summed E-state index contributed by atoms with van der Waals surface area (Å²) in [5.74, 6) is 6.77. The Hall–Kier alpha value is -3.36. The largest absolute Gasteiger partial charge is 0.460 e. The lowest BCUT2D eigenvalue weighted by molar-refractivity contribution is 0.546. The Morgan fingerprint density at radius 1 is 1.19 bits per heavy atom. The van der Waals surface area contributed by atoms with Crippen molar-refractivity contribution in [2.45, 2.75) is 6.92 Å². The number of furan rings is 1. The van der Waals surface area contributed by atoms with E-state index in [0.29, 0.717) is 44.8 Å². The molecule has 0 spiro atoms. The number of aromatic nitrogens is 3. The SMILES string of the molecule is Cc1ccc(-c2nc3[nH]ccc(=O)c3nc2-c2cc(Cl)c(N)c(NN)c2)o1. The van der Waals surface area contributed by atoms with Gasteiger partial charge in [-0.3, -0.25) is 10.6 Å². The molecule has 0 bridgehead atoms. The third-order valence-corrected chi connectivity index (χ3v) is 4.43. The van der Waals surface area contributed by atoms with Gasteiger partial charge in [0.05, 0.1) is 16.4 Å². The first-order valence-corrected chi connectivity index (χ1v) is 8.38. The van der Waals surface area contributed by atoms with Crippen molar-refractivity contribution < 1.29 is 4.42 Å². The summed E-state index contributed by atoms with van der Waals surface area (Å²) in [4.78, 5) is 24.3. The van der Waals surface area contributed by atoms with Crippen molar-refractivity contribution in [2.75, 3.05) is 11.2 Å². The number of fused-ring (bicyclic) bond motifs is 1. The van der Waals surface area contributed by atoms with Gasteiger partial charge in [0, 0.05) is 17.8 Å². The van der Waals surface area contributed by atoms with Crippen LogP contribution >= 0.6 is 11.6 Å². The average molecular weight is 383 g/mol. The summed E-state index contributed by atoms with van der Waals surface area (Å²) in [7, 11) is 0. The van der Waals surface area contributed by atoms with E-state index < -0.39 is 0 Å². The Morgan fingerprint density at radius 3 is 2.70 bits per heavy atom. The predicted octanol–water partition coefficient (Wildman–Crippen LogP) is 3.07. The second kappa shape index (κ2) is 6.42. The van der Waals surface area contributed by atoms with E-state index in [-0.39, 0.29) is 10.9 Å². The Bertz CT molecular complexity index is 1230. The van der Waals surface area contributed by atoms with Gasteiger partial charge >= 0.3 is 0 Å². The van der Waals surface area contributed by atoms with Crippen LogP contribution in [0.5, 0.6) is 0 Å². The van der Waals surface area contributed by atoms with Crippen LogP contribution in [0.15, 0.2) is 45.7 Å². The summed E-state index contributed by atoms with van der Waals surface area (Å²) in [6.07, 6.45) is 1.52. The third-order valence-electron chi connectivity index (χ3n) is 4.12. The molecule has 0 saturated carbocycles. The normalized spacial score (nSPS) is 11.1. The molecule has 136 valence electrons. The molecule has 0 radical (unpaired) electrons. The van der Waals surface area contributed by atoms with Gasteiger partial charge in [-0.05, 0) is 31.2 Å². The zero-order valence-electron chi connectivity index (χ0n) is 14.2. The number of hydrazine groups is 1. The molecule has 0 atom stereocenters. The zero-order valence-corrected chi connectivity index (χ0v) is 15.0. The minimum atomic E-state index is -0.251. The second-order valence-corrected chi connectivity index (χ2v) is 6.34. The molecule has 0 unspecified atom stereocenters. The molecule has 0 saturated heterocycles. The first-order chi connectivity index (χ1) is 13.0. The molecule has 3 heterocycles. The van der Waals surface area contributed by atoms with Crippen LogP contribution < -0.4 is 22.4 Å². The van der Waals surface area contributed by atoms with E-state index in [9.17, 15) is 4.79 Å². The molecule has 4 rings (SSSR count). The topological polar surface area (TPSA) is 136 Å². The van der Waals surface area contributed by atoms with E-state index >= 15 is 0 Å². The summed E-state index contributed by atoms with van der Waals surface area (Å²) in [6, 6.07) is 8.33. The number of nitrogens with two attached hydrogens (primary N) is 2. The summed E-state index contributed by atoms with van der Waals surface area (Å²) in [5, 5.41) is 0.297. The van der Waals surface area contributed by atoms with Crippen LogP contribution in [0.4, 0.5) is 11.4 Å². The van der Waals surface area contributed by atoms with Crippen LogP contribution in [0, 0.1) is 6.92 Å². The molecule has 8 nitrogen and oxygen atoms in total. The summed E-state index contributed by atoms with van der Waals surface area (Å²) in [5.41, 5.74) is 11.0. The molecular formula is C18H15ClN6O2. The fourth-order valence-corrected chi connectivity index (χ4v) is 3.01. The van der Waals surface area contributed by atoms with Gasteiger partial charge in [-0.2, -0.15) is 0 Å². The van der Waals surface area contributed by atoms with E-state index in [4.69, 9.17) is 27.6 Å². The van der Waals surface area contributed by atoms with Gasteiger partial charge in [-0.25, -0.2) is 9.97 Å². The molecule has 0 aliphatic carbocycles. The number of nitrogen functional groups attached to an aromatic ring is 2. The minimum absolute atomic E-state index is 0.203. The number of aromatic amines is 1. The first-order valence-electron chi connectivity index (χ1n) is 8.00. The lowest BCUT2D eigenvalue weighted by Gasteiger charge is -2.12. The molecule has 27 heavy (non-hydrogen) atoms. The number of pyridine rings is 1. The minimum Gasteiger partial charge on any atom is -0.460 e. The number of hydrogen-bond acceptors (Lipinski definition) is 7. The highest BCUT2D eigenvalue weighted by atomic mass is 35.5. The van der Waals surface area contributed by atoms with Gasteiger partial charge in [0.25, 0.3) is 0 Å². The lowest BCUT2D eigenvalue weighted by Crippen LogP contribution is -2.10. The van der Waals surface area contributed by atoms with Crippen molar-refractivity contribution in [1.82, 2.24) is 15.0 Å². The number of anilines is 2. The zero-order chi connectivity index (χ0) is 19.1. The van der Waals surface area contributed by atoms with Gasteiger partial charge in [0.2, 0.25) is 5.43 Å². The van der Waals surface area contributed by atoms with Gasteiger partial charge in [-0.15, -0.1) is 0 Å². The smallest absolute Gasteiger partial charge is 0.209 e. The van der Waals surface area contributed by atoms with Crippen LogP contribution in [0.25, 0.3) is 33.9 Å². The Balaban J connectivity index is 2.08. The first kappa shape index (κ1) is 17.1. The quantitative estimate of drug-likeness (QED) is 0.243. The van der Waals surface area contributed by atoms with Crippen molar-refractivity contribution in [2.24, 2.45) is 5.84 Å². The Kier molecular flexibility index (Phi) is 4.06. The van der Waals surface area contributed by atoms with Crippen LogP contribution in [-0.2, 0) is 0 Å². The highest BCUT2D eigenvalue weighted by Crippen LogP contribution is 2.37. The number of nitrogens with one attached hydrogen (secondary N) is 2. The molecule has 0 fully saturated rings. The second-order valence-electron chi connectivity index (χ2n) is 5.93. The van der Waals surface area contributed by atoms with Crippen LogP contribution in [0.1, 0.15) is 5.76 Å². The van der Waals surface area contributed by atoms with Crippen molar-refractivity contribution in [3.05, 3.63) is 57.5 Å². The van der Waals surface area contributed by atoms with E-state index in [2.05, 4.69) is 20.4 Å². The molecule has 0 aliphatic heterocycles. The highest BCUT2D eigenvalue weighted by Gasteiger charge is 2.19. The molecule has 6 N–H and O–H groups in total. The van der Waals surface area contributed by atoms with Crippen molar-refractivity contribution in [3.63, 3.8) is 0 Å². The number of H-pyrrole nitrogens is 1. The fourth-order valence-electron chi connectivity index (χ4n) is 2.79. The Morgan fingerprint density at radius 2 is 2.00 bits per heavy atom. The number of rotatable bonds is 3. The average Bonchev–Trinajstić information content (AvgIpc) is 3.09. The molecule has 3 aromatic heterocycles. The van der Waals surface area contributed by atoms with Crippen molar-refractivity contribution in [3.8, 4) is 22.7 Å². The van der Waals surface area contributed by atoms with Gasteiger partial charge in [0.1, 0.15) is 17.1 Å². The predicted molar refractivity (Wildman–Crippen MR) is 105 cm³/mol. The molecule has 0 aliphatic rings. The van der Waals surface area contributed by atoms with E-state index in [1.807, 2.05) is 13.0 Å². The van der Waals surface area contributed by atoms with Gasteiger partial charge in [-0.1, -0.05) is 11.6 Å². The third kappa shape index (κ3) is 2.90. The molecule has 0 amide bonds. The lowest BCUT2D eigenvalue weighted by atomic mass is 10.1. The standard InChI is InChI=1S/C18H15ClN6O2/c1-8-2-3-13(27-8)17-15(9-6-10(19)14(20)11(7-9)25-21)23-16-12(26)4-5-22-18(16)24-17/h2-7,25H,20-21H2,1H3,(H,22,24,26).